The van der Waals surface area contributed by atoms with Gasteiger partial charge in [-0.3, -0.25) is 0 Å². The fourth-order valence-electron chi connectivity index (χ4n) is 1.09. The summed E-state index contributed by atoms with van der Waals surface area (Å²) < 4.78 is 40.5. The number of hydrogen-bond acceptors (Lipinski definition) is 4. The average Bonchev–Trinajstić information content (AvgIpc) is 2.24. The standard InChI is InChI=1S/C10H10F3N3O/c11-10(12,13)2-1-3-17-9-8(15)4-7(5-14)6-16-9/h4,6H,1-3,15H2. The van der Waals surface area contributed by atoms with E-state index < -0.39 is 12.6 Å². The summed E-state index contributed by atoms with van der Waals surface area (Å²) in [5.41, 5.74) is 5.91. The number of nitriles is 1. The van der Waals surface area contributed by atoms with Crippen LogP contribution in [0.15, 0.2) is 12.3 Å². The van der Waals surface area contributed by atoms with E-state index in [9.17, 15) is 13.2 Å². The number of pyridine rings is 1. The zero-order chi connectivity index (χ0) is 12.9. The number of aromatic nitrogens is 1. The van der Waals surface area contributed by atoms with Crippen LogP contribution in [0.5, 0.6) is 5.88 Å². The molecule has 0 bridgehead atoms. The van der Waals surface area contributed by atoms with Crippen molar-refractivity contribution in [3.8, 4) is 11.9 Å². The SMILES string of the molecule is N#Cc1cnc(OCCCC(F)(F)F)c(N)c1. The predicted molar refractivity (Wildman–Crippen MR) is 54.1 cm³/mol. The number of alkyl halides is 3. The molecule has 0 saturated carbocycles. The number of anilines is 1. The molecule has 0 spiro atoms. The van der Waals surface area contributed by atoms with Crippen LogP contribution in [0.2, 0.25) is 0 Å². The van der Waals surface area contributed by atoms with Crippen LogP contribution in [-0.4, -0.2) is 17.8 Å². The van der Waals surface area contributed by atoms with Crippen molar-refractivity contribution in [1.29, 1.82) is 5.26 Å². The normalized spacial score (nSPS) is 10.9. The van der Waals surface area contributed by atoms with Gasteiger partial charge in [-0.25, -0.2) is 4.98 Å². The molecule has 1 aromatic heterocycles. The first-order chi connectivity index (χ1) is 7.92. The van der Waals surface area contributed by atoms with Gasteiger partial charge in [0.15, 0.2) is 0 Å². The van der Waals surface area contributed by atoms with Gasteiger partial charge in [-0.05, 0) is 12.5 Å². The van der Waals surface area contributed by atoms with Crippen molar-refractivity contribution in [2.45, 2.75) is 19.0 Å². The highest BCUT2D eigenvalue weighted by atomic mass is 19.4. The van der Waals surface area contributed by atoms with Crippen molar-refractivity contribution in [2.75, 3.05) is 12.3 Å². The Balaban J connectivity index is 2.45. The molecule has 1 aromatic rings. The third kappa shape index (κ3) is 4.59. The second-order valence-electron chi connectivity index (χ2n) is 3.30. The molecule has 0 amide bonds. The lowest BCUT2D eigenvalue weighted by atomic mass is 10.3. The van der Waals surface area contributed by atoms with E-state index in [1.807, 2.05) is 6.07 Å². The third-order valence-electron chi connectivity index (χ3n) is 1.85. The van der Waals surface area contributed by atoms with Crippen LogP contribution in [0, 0.1) is 11.3 Å². The van der Waals surface area contributed by atoms with Crippen LogP contribution in [0.4, 0.5) is 18.9 Å². The summed E-state index contributed by atoms with van der Waals surface area (Å²) in [5, 5.41) is 8.55. The van der Waals surface area contributed by atoms with E-state index in [4.69, 9.17) is 15.7 Å². The van der Waals surface area contributed by atoms with Gasteiger partial charge in [0.25, 0.3) is 0 Å². The number of hydrogen-bond donors (Lipinski definition) is 1. The molecule has 17 heavy (non-hydrogen) atoms. The van der Waals surface area contributed by atoms with Crippen LogP contribution >= 0.6 is 0 Å². The third-order valence-corrected chi connectivity index (χ3v) is 1.85. The summed E-state index contributed by atoms with van der Waals surface area (Å²) in [5.74, 6) is 0.0474. The Morgan fingerprint density at radius 2 is 2.18 bits per heavy atom. The van der Waals surface area contributed by atoms with Crippen molar-refractivity contribution in [2.24, 2.45) is 0 Å². The van der Waals surface area contributed by atoms with E-state index >= 15 is 0 Å². The second kappa shape index (κ2) is 5.39. The highest BCUT2D eigenvalue weighted by Gasteiger charge is 2.26. The Morgan fingerprint density at radius 1 is 1.47 bits per heavy atom. The topological polar surface area (TPSA) is 71.9 Å². The maximum absolute atomic E-state index is 11.8. The zero-order valence-electron chi connectivity index (χ0n) is 8.79. The molecule has 4 nitrogen and oxygen atoms in total. The fraction of sp³-hybridized carbons (Fsp3) is 0.400. The molecule has 0 radical (unpaired) electrons. The predicted octanol–water partition coefficient (Wildman–Crippen LogP) is 2.26. The molecule has 1 heterocycles. The van der Waals surface area contributed by atoms with E-state index in [-0.39, 0.29) is 30.2 Å². The van der Waals surface area contributed by atoms with Crippen LogP contribution in [0.1, 0.15) is 18.4 Å². The van der Waals surface area contributed by atoms with Crippen molar-refractivity contribution < 1.29 is 17.9 Å². The van der Waals surface area contributed by atoms with Crippen molar-refractivity contribution >= 4 is 5.69 Å². The summed E-state index contributed by atoms with van der Waals surface area (Å²) in [6, 6.07) is 3.19. The van der Waals surface area contributed by atoms with Crippen molar-refractivity contribution in [1.82, 2.24) is 4.98 Å². The molecular formula is C10H10F3N3O. The quantitative estimate of drug-likeness (QED) is 0.826. The van der Waals surface area contributed by atoms with E-state index in [0.29, 0.717) is 0 Å². The molecule has 0 aromatic carbocycles. The van der Waals surface area contributed by atoms with Gasteiger partial charge >= 0.3 is 6.18 Å². The smallest absolute Gasteiger partial charge is 0.389 e. The Hall–Kier alpha value is -1.97. The number of rotatable bonds is 4. The lowest BCUT2D eigenvalue weighted by Crippen LogP contribution is -2.10. The minimum absolute atomic E-state index is 0.0474. The van der Waals surface area contributed by atoms with E-state index in [0.717, 1.165) is 0 Å². The van der Waals surface area contributed by atoms with Gasteiger partial charge in [0, 0.05) is 12.6 Å². The molecule has 0 aliphatic heterocycles. The molecule has 0 saturated heterocycles. The average molecular weight is 245 g/mol. The van der Waals surface area contributed by atoms with Crippen LogP contribution < -0.4 is 10.5 Å². The molecule has 0 aliphatic rings. The van der Waals surface area contributed by atoms with Gasteiger partial charge in [0.1, 0.15) is 6.07 Å². The van der Waals surface area contributed by atoms with Gasteiger partial charge < -0.3 is 10.5 Å². The lowest BCUT2D eigenvalue weighted by molar-refractivity contribution is -0.136. The minimum Gasteiger partial charge on any atom is -0.476 e. The minimum atomic E-state index is -4.19. The number of nitrogens with zero attached hydrogens (tertiary/aromatic N) is 2. The highest BCUT2D eigenvalue weighted by Crippen LogP contribution is 2.22. The van der Waals surface area contributed by atoms with Gasteiger partial charge in [0.2, 0.25) is 5.88 Å². The molecule has 0 unspecified atom stereocenters. The maximum Gasteiger partial charge on any atom is 0.389 e. The van der Waals surface area contributed by atoms with Crippen LogP contribution in [-0.2, 0) is 0 Å². The summed E-state index contributed by atoms with van der Waals surface area (Å²) in [7, 11) is 0. The van der Waals surface area contributed by atoms with Gasteiger partial charge in [-0.2, -0.15) is 18.4 Å². The Morgan fingerprint density at radius 3 is 2.71 bits per heavy atom. The summed E-state index contributed by atoms with van der Waals surface area (Å²) in [6.45, 7) is -0.122. The molecule has 0 atom stereocenters. The zero-order valence-corrected chi connectivity index (χ0v) is 8.79. The van der Waals surface area contributed by atoms with Crippen molar-refractivity contribution in [3.05, 3.63) is 17.8 Å². The number of nitrogen functional groups attached to an aromatic ring is 1. The molecule has 2 N–H and O–H groups in total. The maximum atomic E-state index is 11.8. The molecule has 0 fully saturated rings. The molecule has 7 heteroatoms. The number of halogens is 3. The first kappa shape index (κ1) is 13.1. The van der Waals surface area contributed by atoms with Gasteiger partial charge in [-0.15, -0.1) is 0 Å². The molecule has 0 aliphatic carbocycles. The Kier molecular flexibility index (Phi) is 4.15. The second-order valence-corrected chi connectivity index (χ2v) is 3.30. The van der Waals surface area contributed by atoms with E-state index in [1.54, 1.807) is 0 Å². The summed E-state index contributed by atoms with van der Waals surface area (Å²) >= 11 is 0. The van der Waals surface area contributed by atoms with Gasteiger partial charge in [-0.1, -0.05) is 0 Å². The van der Waals surface area contributed by atoms with Crippen LogP contribution in [0.3, 0.4) is 0 Å². The first-order valence-corrected chi connectivity index (χ1v) is 4.77. The number of ether oxygens (including phenoxy) is 1. The molecular weight excluding hydrogens is 235 g/mol. The van der Waals surface area contributed by atoms with Gasteiger partial charge in [0.05, 0.1) is 17.9 Å². The largest absolute Gasteiger partial charge is 0.476 e. The monoisotopic (exact) mass is 245 g/mol. The first-order valence-electron chi connectivity index (χ1n) is 4.77. The van der Waals surface area contributed by atoms with Crippen molar-refractivity contribution in [3.63, 3.8) is 0 Å². The van der Waals surface area contributed by atoms with E-state index in [2.05, 4.69) is 4.98 Å². The Bertz CT molecular complexity index is 426. The highest BCUT2D eigenvalue weighted by molar-refractivity contribution is 5.51. The summed E-state index contributed by atoms with van der Waals surface area (Å²) in [6.07, 6.45) is -4.02. The van der Waals surface area contributed by atoms with Crippen LogP contribution in [0.25, 0.3) is 0 Å². The lowest BCUT2D eigenvalue weighted by Gasteiger charge is -2.08. The number of nitrogens with two attached hydrogens (primary N) is 1. The fourth-order valence-corrected chi connectivity index (χ4v) is 1.09. The molecule has 92 valence electrons. The Labute approximate surface area is 95.8 Å². The summed E-state index contributed by atoms with van der Waals surface area (Å²) in [4.78, 5) is 3.73. The molecule has 1 rings (SSSR count). The van der Waals surface area contributed by atoms with E-state index in [1.165, 1.54) is 12.3 Å².